The zero-order valence-electron chi connectivity index (χ0n) is 12.1. The van der Waals surface area contributed by atoms with Crippen LogP contribution in [0.1, 0.15) is 19.7 Å². The first kappa shape index (κ1) is 15.5. The Balaban J connectivity index is 2.24. The third-order valence-corrected chi connectivity index (χ3v) is 2.91. The Morgan fingerprint density at radius 2 is 2.00 bits per heavy atom. The molecule has 5 nitrogen and oxygen atoms in total. The van der Waals surface area contributed by atoms with E-state index < -0.39 is 0 Å². The van der Waals surface area contributed by atoms with E-state index in [1.165, 1.54) is 0 Å². The minimum atomic E-state index is 0.342. The van der Waals surface area contributed by atoms with Crippen molar-refractivity contribution in [3.8, 4) is 11.6 Å². The van der Waals surface area contributed by atoms with Crippen LogP contribution in [-0.2, 0) is 11.3 Å². The molecule has 0 aliphatic heterocycles. The highest BCUT2D eigenvalue weighted by molar-refractivity contribution is 6.32. The largest absolute Gasteiger partial charge is 0.437 e. The van der Waals surface area contributed by atoms with Crippen molar-refractivity contribution in [1.29, 1.82) is 0 Å². The number of aromatic nitrogens is 2. The molecule has 0 fully saturated rings. The van der Waals surface area contributed by atoms with Crippen molar-refractivity contribution in [3.05, 3.63) is 41.2 Å². The van der Waals surface area contributed by atoms with Crippen molar-refractivity contribution in [2.75, 3.05) is 18.5 Å². The Morgan fingerprint density at radius 3 is 2.71 bits per heavy atom. The Hall–Kier alpha value is -1.85. The van der Waals surface area contributed by atoms with Crippen LogP contribution in [0.2, 0.25) is 5.02 Å². The van der Waals surface area contributed by atoms with Crippen LogP contribution in [0.25, 0.3) is 0 Å². The van der Waals surface area contributed by atoms with Crippen LogP contribution in [0.15, 0.2) is 30.3 Å². The monoisotopic (exact) mass is 307 g/mol. The summed E-state index contributed by atoms with van der Waals surface area (Å²) in [5.74, 6) is 2.26. The van der Waals surface area contributed by atoms with Crippen LogP contribution >= 0.6 is 11.6 Å². The maximum absolute atomic E-state index is 6.09. The fourth-order valence-electron chi connectivity index (χ4n) is 1.69. The molecule has 0 aliphatic carbocycles. The minimum absolute atomic E-state index is 0.342. The second kappa shape index (κ2) is 7.81. The van der Waals surface area contributed by atoms with Gasteiger partial charge >= 0.3 is 0 Å². The summed E-state index contributed by atoms with van der Waals surface area (Å²) in [6, 6.07) is 9.00. The average molecular weight is 308 g/mol. The summed E-state index contributed by atoms with van der Waals surface area (Å²) in [5, 5.41) is 3.68. The van der Waals surface area contributed by atoms with Gasteiger partial charge in [0.05, 0.1) is 5.02 Å². The fourth-order valence-corrected chi connectivity index (χ4v) is 1.87. The van der Waals surface area contributed by atoms with Crippen molar-refractivity contribution in [2.45, 2.75) is 20.5 Å². The topological polar surface area (TPSA) is 56.3 Å². The highest BCUT2D eigenvalue weighted by atomic mass is 35.5. The number of anilines is 1. The molecule has 6 heteroatoms. The molecule has 2 rings (SSSR count). The number of nitrogens with one attached hydrogen (secondary N) is 1. The molecule has 0 radical (unpaired) electrons. The van der Waals surface area contributed by atoms with Gasteiger partial charge in [-0.15, -0.1) is 0 Å². The second-order valence-corrected chi connectivity index (χ2v) is 4.61. The molecule has 0 unspecified atom stereocenters. The molecular weight excluding hydrogens is 290 g/mol. The lowest BCUT2D eigenvalue weighted by atomic mass is 10.3. The average Bonchev–Trinajstić information content (AvgIpc) is 2.48. The second-order valence-electron chi connectivity index (χ2n) is 4.21. The first-order valence-electron chi connectivity index (χ1n) is 6.85. The minimum Gasteiger partial charge on any atom is -0.437 e. The van der Waals surface area contributed by atoms with Crippen LogP contribution in [0.3, 0.4) is 0 Å². The van der Waals surface area contributed by atoms with Gasteiger partial charge in [0, 0.05) is 19.2 Å². The summed E-state index contributed by atoms with van der Waals surface area (Å²) < 4.78 is 11.1. The normalized spacial score (nSPS) is 10.4. The smallest absolute Gasteiger partial charge is 0.224 e. The quantitative estimate of drug-likeness (QED) is 0.841. The van der Waals surface area contributed by atoms with Crippen LogP contribution < -0.4 is 10.1 Å². The van der Waals surface area contributed by atoms with E-state index in [1.807, 2.05) is 26.0 Å². The number of rotatable bonds is 7. The summed E-state index contributed by atoms with van der Waals surface area (Å²) in [4.78, 5) is 8.70. The zero-order chi connectivity index (χ0) is 15.1. The highest BCUT2D eigenvalue weighted by Gasteiger charge is 2.08. The zero-order valence-corrected chi connectivity index (χ0v) is 12.9. The molecule has 1 aromatic carbocycles. The molecule has 0 aliphatic rings. The third kappa shape index (κ3) is 4.58. The van der Waals surface area contributed by atoms with Crippen molar-refractivity contribution in [1.82, 2.24) is 9.97 Å². The van der Waals surface area contributed by atoms with E-state index in [0.717, 1.165) is 6.54 Å². The Kier molecular flexibility index (Phi) is 5.78. The Labute approximate surface area is 129 Å². The van der Waals surface area contributed by atoms with Gasteiger partial charge < -0.3 is 14.8 Å². The van der Waals surface area contributed by atoms with E-state index in [0.29, 0.717) is 41.5 Å². The summed E-state index contributed by atoms with van der Waals surface area (Å²) in [7, 11) is 0. The van der Waals surface area contributed by atoms with Gasteiger partial charge in [0.1, 0.15) is 18.2 Å². The maximum atomic E-state index is 6.09. The Morgan fingerprint density at radius 1 is 1.19 bits per heavy atom. The fraction of sp³-hybridized carbons (Fsp3) is 0.333. The van der Waals surface area contributed by atoms with Crippen LogP contribution in [-0.4, -0.2) is 23.1 Å². The van der Waals surface area contributed by atoms with Gasteiger partial charge in [-0.3, -0.25) is 0 Å². The molecule has 112 valence electrons. The first-order chi connectivity index (χ1) is 10.2. The lowest BCUT2D eigenvalue weighted by molar-refractivity contribution is 0.128. The molecular formula is C15H18ClN3O2. The predicted octanol–water partition coefficient (Wildman–Crippen LogP) is 3.89. The van der Waals surface area contributed by atoms with Gasteiger partial charge in [-0.1, -0.05) is 23.7 Å². The molecule has 0 spiro atoms. The molecule has 0 saturated heterocycles. The van der Waals surface area contributed by atoms with Crippen molar-refractivity contribution >= 4 is 17.4 Å². The van der Waals surface area contributed by atoms with E-state index in [-0.39, 0.29) is 0 Å². The molecule has 21 heavy (non-hydrogen) atoms. The van der Waals surface area contributed by atoms with E-state index in [1.54, 1.807) is 18.2 Å². The van der Waals surface area contributed by atoms with Crippen LogP contribution in [0.5, 0.6) is 11.6 Å². The third-order valence-electron chi connectivity index (χ3n) is 2.59. The predicted molar refractivity (Wildman–Crippen MR) is 83.1 cm³/mol. The van der Waals surface area contributed by atoms with Gasteiger partial charge in [-0.2, -0.15) is 4.98 Å². The van der Waals surface area contributed by atoms with Gasteiger partial charge in [-0.05, 0) is 26.0 Å². The summed E-state index contributed by atoms with van der Waals surface area (Å²) in [6.07, 6.45) is 0. The standard InChI is InChI=1S/C15H18ClN3O2/c1-3-17-13-9-15(19-14(18-13)10-20-4-2)21-12-8-6-5-7-11(12)16/h5-9H,3-4,10H2,1-2H3,(H,17,18,19). The molecule has 0 atom stereocenters. The number of hydrogen-bond acceptors (Lipinski definition) is 5. The molecule has 0 bridgehead atoms. The lowest BCUT2D eigenvalue weighted by Gasteiger charge is -2.10. The van der Waals surface area contributed by atoms with E-state index in [4.69, 9.17) is 21.1 Å². The van der Waals surface area contributed by atoms with Crippen molar-refractivity contribution < 1.29 is 9.47 Å². The van der Waals surface area contributed by atoms with Crippen molar-refractivity contribution in [3.63, 3.8) is 0 Å². The van der Waals surface area contributed by atoms with Gasteiger partial charge in [-0.25, -0.2) is 4.98 Å². The van der Waals surface area contributed by atoms with Crippen LogP contribution in [0, 0.1) is 0 Å². The van der Waals surface area contributed by atoms with Gasteiger partial charge in [0.15, 0.2) is 5.82 Å². The molecule has 0 saturated carbocycles. The van der Waals surface area contributed by atoms with Gasteiger partial charge in [0.25, 0.3) is 0 Å². The Bertz CT molecular complexity index is 593. The number of ether oxygens (including phenoxy) is 2. The molecule has 1 N–H and O–H groups in total. The number of para-hydroxylation sites is 1. The van der Waals surface area contributed by atoms with E-state index >= 15 is 0 Å². The SMILES string of the molecule is CCNc1cc(Oc2ccccc2Cl)nc(COCC)n1. The van der Waals surface area contributed by atoms with Gasteiger partial charge in [0.2, 0.25) is 5.88 Å². The number of hydrogen-bond donors (Lipinski definition) is 1. The van der Waals surface area contributed by atoms with E-state index in [2.05, 4.69) is 15.3 Å². The number of nitrogens with zero attached hydrogens (tertiary/aromatic N) is 2. The molecule has 2 aromatic rings. The van der Waals surface area contributed by atoms with Crippen molar-refractivity contribution in [2.24, 2.45) is 0 Å². The molecule has 1 aromatic heterocycles. The number of benzene rings is 1. The summed E-state index contributed by atoms with van der Waals surface area (Å²) in [6.45, 7) is 5.63. The van der Waals surface area contributed by atoms with Crippen LogP contribution in [0.4, 0.5) is 5.82 Å². The first-order valence-corrected chi connectivity index (χ1v) is 7.22. The lowest BCUT2D eigenvalue weighted by Crippen LogP contribution is -2.06. The summed E-state index contributed by atoms with van der Waals surface area (Å²) >= 11 is 6.09. The number of halogens is 1. The summed E-state index contributed by atoms with van der Waals surface area (Å²) in [5.41, 5.74) is 0. The molecule has 0 amide bonds. The molecule has 1 heterocycles. The highest BCUT2D eigenvalue weighted by Crippen LogP contribution is 2.28. The maximum Gasteiger partial charge on any atom is 0.224 e. The van der Waals surface area contributed by atoms with E-state index in [9.17, 15) is 0 Å².